The van der Waals surface area contributed by atoms with Crippen molar-refractivity contribution in [3.63, 3.8) is 0 Å². The summed E-state index contributed by atoms with van der Waals surface area (Å²) in [5.74, 6) is -0.00794. The average Bonchev–Trinajstić information content (AvgIpc) is 2.82. The first kappa shape index (κ1) is 13.9. The molecule has 0 radical (unpaired) electrons. The van der Waals surface area contributed by atoms with Crippen molar-refractivity contribution in [2.45, 2.75) is 25.8 Å². The van der Waals surface area contributed by atoms with Gasteiger partial charge in [0.05, 0.1) is 0 Å². The highest BCUT2D eigenvalue weighted by molar-refractivity contribution is 5.95. The van der Waals surface area contributed by atoms with Crippen LogP contribution in [-0.2, 0) is 6.42 Å². The maximum atomic E-state index is 12.2. The number of benzene rings is 1. The number of hydrogen-bond donors (Lipinski definition) is 2. The van der Waals surface area contributed by atoms with Crippen LogP contribution in [-0.4, -0.2) is 43.5 Å². The number of nitrogens with one attached hydrogen (secondary N) is 2. The maximum Gasteiger partial charge on any atom is 0.251 e. The molecular weight excluding hydrogens is 238 g/mol. The highest BCUT2D eigenvalue weighted by Crippen LogP contribution is 2.23. The van der Waals surface area contributed by atoms with Crippen LogP contribution >= 0.6 is 0 Å². The summed E-state index contributed by atoms with van der Waals surface area (Å²) in [6.45, 7) is 5.81. The van der Waals surface area contributed by atoms with Gasteiger partial charge >= 0.3 is 0 Å². The minimum Gasteiger partial charge on any atom is -0.384 e. The normalized spacial score (nSPS) is 14.2. The third kappa shape index (κ3) is 3.07. The van der Waals surface area contributed by atoms with Crippen molar-refractivity contribution < 1.29 is 4.79 Å². The van der Waals surface area contributed by atoms with E-state index in [9.17, 15) is 4.79 Å². The van der Waals surface area contributed by atoms with Gasteiger partial charge in [-0.15, -0.1) is 0 Å². The lowest BCUT2D eigenvalue weighted by molar-refractivity contribution is 0.0920. The third-order valence-electron chi connectivity index (χ3n) is 3.97. The number of rotatable bonds is 4. The fraction of sp³-hybridized carbons (Fsp3) is 0.533. The highest BCUT2D eigenvalue weighted by atomic mass is 16.1. The van der Waals surface area contributed by atoms with Crippen LogP contribution in [0, 0.1) is 0 Å². The Labute approximate surface area is 115 Å². The number of nitrogens with zero attached hydrogens (tertiary/aromatic N) is 1. The van der Waals surface area contributed by atoms with Crippen molar-refractivity contribution in [3.05, 3.63) is 29.3 Å². The summed E-state index contributed by atoms with van der Waals surface area (Å²) in [5.41, 5.74) is 3.07. The Balaban J connectivity index is 2.01. The molecule has 1 aromatic rings. The predicted molar refractivity (Wildman–Crippen MR) is 78.7 cm³/mol. The lowest BCUT2D eigenvalue weighted by Crippen LogP contribution is -2.48. The highest BCUT2D eigenvalue weighted by Gasteiger charge is 2.21. The van der Waals surface area contributed by atoms with E-state index in [1.165, 1.54) is 5.56 Å². The minimum absolute atomic E-state index is 0.00794. The van der Waals surface area contributed by atoms with Gasteiger partial charge in [-0.05, 0) is 52.1 Å². The molecule has 0 saturated heterocycles. The van der Waals surface area contributed by atoms with E-state index in [2.05, 4.69) is 29.4 Å². The molecule has 1 heterocycles. The standard InChI is InChI=1S/C15H23N3O/c1-15(2,18(3)4)10-17-14(19)12-6-5-11-7-8-16-13(11)9-12/h5-6,9,16H,7-8,10H2,1-4H3,(H,17,19). The molecule has 1 aromatic carbocycles. The molecule has 1 aliphatic rings. The van der Waals surface area contributed by atoms with Crippen LogP contribution in [0.4, 0.5) is 5.69 Å². The van der Waals surface area contributed by atoms with Gasteiger partial charge in [-0.1, -0.05) is 6.07 Å². The number of carbonyl (C=O) groups excluding carboxylic acids is 1. The monoisotopic (exact) mass is 261 g/mol. The quantitative estimate of drug-likeness (QED) is 0.867. The van der Waals surface area contributed by atoms with Crippen molar-refractivity contribution in [1.82, 2.24) is 10.2 Å². The molecule has 4 heteroatoms. The van der Waals surface area contributed by atoms with Gasteiger partial charge in [0.1, 0.15) is 0 Å². The van der Waals surface area contributed by atoms with Gasteiger partial charge in [-0.25, -0.2) is 0 Å². The van der Waals surface area contributed by atoms with Crippen molar-refractivity contribution in [2.24, 2.45) is 0 Å². The third-order valence-corrected chi connectivity index (χ3v) is 3.97. The molecule has 4 nitrogen and oxygen atoms in total. The zero-order valence-corrected chi connectivity index (χ0v) is 12.2. The molecule has 0 unspecified atom stereocenters. The molecule has 0 saturated carbocycles. The van der Waals surface area contributed by atoms with Crippen LogP contribution in [0.5, 0.6) is 0 Å². The average molecular weight is 261 g/mol. The number of fused-ring (bicyclic) bond motifs is 1. The molecule has 0 spiro atoms. The molecular formula is C15H23N3O. The van der Waals surface area contributed by atoms with Crippen LogP contribution in [0.3, 0.4) is 0 Å². The van der Waals surface area contributed by atoms with Gasteiger partial charge in [0.2, 0.25) is 0 Å². The number of hydrogen-bond acceptors (Lipinski definition) is 3. The Morgan fingerprint density at radius 3 is 2.84 bits per heavy atom. The Bertz CT molecular complexity index is 480. The molecule has 1 amide bonds. The summed E-state index contributed by atoms with van der Waals surface area (Å²) >= 11 is 0. The number of carbonyl (C=O) groups is 1. The summed E-state index contributed by atoms with van der Waals surface area (Å²) in [5, 5.41) is 6.30. The van der Waals surface area contributed by atoms with E-state index in [4.69, 9.17) is 0 Å². The second kappa shape index (κ2) is 5.21. The molecule has 0 aromatic heterocycles. The first-order valence-corrected chi connectivity index (χ1v) is 6.72. The Morgan fingerprint density at radius 2 is 2.16 bits per heavy atom. The molecule has 0 aliphatic carbocycles. The number of likely N-dealkylation sites (N-methyl/N-ethyl adjacent to an activating group) is 1. The number of anilines is 1. The summed E-state index contributed by atoms with van der Waals surface area (Å²) in [6, 6.07) is 5.89. The van der Waals surface area contributed by atoms with E-state index in [0.29, 0.717) is 6.54 Å². The molecule has 2 N–H and O–H groups in total. The van der Waals surface area contributed by atoms with Gasteiger partial charge < -0.3 is 15.5 Å². The molecule has 0 atom stereocenters. The van der Waals surface area contributed by atoms with Crippen molar-refractivity contribution in [1.29, 1.82) is 0 Å². The SMILES string of the molecule is CN(C)C(C)(C)CNC(=O)c1ccc2c(c1)NCC2. The first-order chi connectivity index (χ1) is 8.90. The Morgan fingerprint density at radius 1 is 1.42 bits per heavy atom. The second-order valence-corrected chi connectivity index (χ2v) is 5.94. The molecule has 0 bridgehead atoms. The van der Waals surface area contributed by atoms with Crippen LogP contribution < -0.4 is 10.6 Å². The van der Waals surface area contributed by atoms with Gasteiger partial charge in [-0.2, -0.15) is 0 Å². The van der Waals surface area contributed by atoms with Gasteiger partial charge in [0.15, 0.2) is 0 Å². The minimum atomic E-state index is -0.0510. The summed E-state index contributed by atoms with van der Waals surface area (Å²) in [7, 11) is 4.04. The van der Waals surface area contributed by atoms with E-state index in [0.717, 1.165) is 24.2 Å². The maximum absolute atomic E-state index is 12.2. The van der Waals surface area contributed by atoms with E-state index < -0.39 is 0 Å². The molecule has 19 heavy (non-hydrogen) atoms. The molecule has 0 fully saturated rings. The van der Waals surface area contributed by atoms with E-state index >= 15 is 0 Å². The van der Waals surface area contributed by atoms with Crippen LogP contribution in [0.25, 0.3) is 0 Å². The summed E-state index contributed by atoms with van der Waals surface area (Å²) < 4.78 is 0. The number of amides is 1. The summed E-state index contributed by atoms with van der Waals surface area (Å²) in [6.07, 6.45) is 1.05. The zero-order valence-electron chi connectivity index (χ0n) is 12.2. The fourth-order valence-electron chi connectivity index (χ4n) is 1.99. The van der Waals surface area contributed by atoms with Gasteiger partial charge in [-0.3, -0.25) is 4.79 Å². The topological polar surface area (TPSA) is 44.4 Å². The largest absolute Gasteiger partial charge is 0.384 e. The second-order valence-electron chi connectivity index (χ2n) is 5.94. The Hall–Kier alpha value is -1.55. The molecule has 1 aliphatic heterocycles. The van der Waals surface area contributed by atoms with E-state index in [-0.39, 0.29) is 11.4 Å². The van der Waals surface area contributed by atoms with Crippen LogP contribution in [0.2, 0.25) is 0 Å². The van der Waals surface area contributed by atoms with Crippen LogP contribution in [0.15, 0.2) is 18.2 Å². The Kier molecular flexibility index (Phi) is 3.80. The van der Waals surface area contributed by atoms with E-state index in [1.54, 1.807) is 0 Å². The van der Waals surface area contributed by atoms with Crippen molar-refractivity contribution >= 4 is 11.6 Å². The van der Waals surface area contributed by atoms with Crippen molar-refractivity contribution in [2.75, 3.05) is 32.5 Å². The van der Waals surface area contributed by atoms with Gasteiger partial charge in [0, 0.05) is 29.9 Å². The molecule has 104 valence electrons. The predicted octanol–water partition coefficient (Wildman–Crippen LogP) is 1.72. The lowest BCUT2D eigenvalue weighted by Gasteiger charge is -2.32. The van der Waals surface area contributed by atoms with E-state index in [1.807, 2.05) is 32.3 Å². The smallest absolute Gasteiger partial charge is 0.251 e. The molecule has 2 rings (SSSR count). The lowest BCUT2D eigenvalue weighted by atomic mass is 10.0. The summed E-state index contributed by atoms with van der Waals surface area (Å²) in [4.78, 5) is 14.3. The van der Waals surface area contributed by atoms with Gasteiger partial charge in [0.25, 0.3) is 5.91 Å². The zero-order chi connectivity index (χ0) is 14.0. The fourth-order valence-corrected chi connectivity index (χ4v) is 1.99. The van der Waals surface area contributed by atoms with Crippen LogP contribution in [0.1, 0.15) is 29.8 Å². The van der Waals surface area contributed by atoms with Crippen molar-refractivity contribution in [3.8, 4) is 0 Å². The first-order valence-electron chi connectivity index (χ1n) is 6.72.